The van der Waals surface area contributed by atoms with Crippen molar-refractivity contribution in [2.75, 3.05) is 24.6 Å². The highest BCUT2D eigenvalue weighted by molar-refractivity contribution is 5.79. The Kier molecular flexibility index (Phi) is 9.06. The highest BCUT2D eigenvalue weighted by atomic mass is 16.5. The maximum atomic E-state index is 12.8. The first-order valence-corrected chi connectivity index (χ1v) is 16.9. The van der Waals surface area contributed by atoms with Crippen LogP contribution in [0.3, 0.4) is 0 Å². The van der Waals surface area contributed by atoms with Gasteiger partial charge in [-0.25, -0.2) is 14.8 Å². The fourth-order valence-electron chi connectivity index (χ4n) is 6.74. The first kappa shape index (κ1) is 33.0. The summed E-state index contributed by atoms with van der Waals surface area (Å²) in [5.41, 5.74) is 5.11. The zero-order chi connectivity index (χ0) is 33.5. The van der Waals surface area contributed by atoms with Gasteiger partial charge in [0.25, 0.3) is 0 Å². The third-order valence-corrected chi connectivity index (χ3v) is 9.28. The summed E-state index contributed by atoms with van der Waals surface area (Å²) in [5.74, 6) is 1.11. The summed E-state index contributed by atoms with van der Waals surface area (Å²) in [4.78, 5) is 24.9. The molecule has 4 aromatic rings. The molecule has 1 saturated heterocycles. The topological polar surface area (TPSA) is 98.4 Å². The minimum Gasteiger partial charge on any atom is -0.490 e. The Morgan fingerprint density at radius 3 is 2.53 bits per heavy atom. The van der Waals surface area contributed by atoms with Crippen LogP contribution in [0.15, 0.2) is 48.7 Å². The molecule has 9 heteroatoms. The van der Waals surface area contributed by atoms with Gasteiger partial charge in [0.2, 0.25) is 5.78 Å². The molecule has 0 aliphatic carbocycles. The van der Waals surface area contributed by atoms with Gasteiger partial charge in [-0.15, -0.1) is 0 Å². The van der Waals surface area contributed by atoms with Crippen molar-refractivity contribution in [1.29, 1.82) is 0 Å². The van der Waals surface area contributed by atoms with Crippen LogP contribution < -0.4 is 9.64 Å². The fourth-order valence-corrected chi connectivity index (χ4v) is 6.74. The third-order valence-electron chi connectivity index (χ3n) is 9.28. The Morgan fingerprint density at radius 1 is 1.06 bits per heavy atom. The number of aryl methyl sites for hydroxylation is 2. The lowest BCUT2D eigenvalue weighted by molar-refractivity contribution is -0.160. The van der Waals surface area contributed by atoms with Crippen LogP contribution in [-0.2, 0) is 14.3 Å². The van der Waals surface area contributed by atoms with Crippen LogP contribution in [0.2, 0.25) is 0 Å². The summed E-state index contributed by atoms with van der Waals surface area (Å²) in [6.45, 7) is 16.0. The number of hydrogen-bond acceptors (Lipinski definition) is 7. The number of fused-ring (bicyclic) bond motifs is 8. The van der Waals surface area contributed by atoms with Crippen molar-refractivity contribution in [1.82, 2.24) is 14.4 Å². The average Bonchev–Trinajstić information content (AvgIpc) is 3.43. The van der Waals surface area contributed by atoms with E-state index in [9.17, 15) is 9.90 Å². The number of hydrogen-bond donors (Lipinski definition) is 1. The lowest BCUT2D eigenvalue weighted by Crippen LogP contribution is -2.45. The van der Waals surface area contributed by atoms with Crippen LogP contribution in [0.4, 0.5) is 5.82 Å². The van der Waals surface area contributed by atoms with Crippen LogP contribution in [0.5, 0.6) is 5.75 Å². The van der Waals surface area contributed by atoms with Gasteiger partial charge < -0.3 is 24.2 Å². The number of piperidine rings is 1. The number of carboxylic acids is 1. The van der Waals surface area contributed by atoms with Crippen molar-refractivity contribution >= 4 is 17.6 Å². The Labute approximate surface area is 277 Å². The summed E-state index contributed by atoms with van der Waals surface area (Å²) in [6, 6.07) is 14.7. The molecule has 0 saturated carbocycles. The van der Waals surface area contributed by atoms with Crippen LogP contribution in [0.25, 0.3) is 28.2 Å². The second kappa shape index (κ2) is 12.9. The van der Waals surface area contributed by atoms with Crippen molar-refractivity contribution in [3.05, 3.63) is 65.5 Å². The Hall–Kier alpha value is -3.95. The number of imidazole rings is 1. The standard InChI is InChI=1S/C38H48N4O5/c1-24-14-15-29-27-12-10-13-28(22-27)30-23-42-34(32(26(3)39-36(42)40-30)33(35(43)44)47-37(4,5)6)41-18-16-38(7,17-19-41)45-20-9-8-11-25(2)46-31(29)21-24/h10,12-15,21-23,25,33H,8-9,11,16-20H2,1-7H3,(H,43,44). The van der Waals surface area contributed by atoms with Crippen molar-refractivity contribution in [2.45, 2.75) is 104 Å². The molecule has 0 radical (unpaired) electrons. The molecule has 250 valence electrons. The van der Waals surface area contributed by atoms with E-state index in [1.807, 2.05) is 44.4 Å². The predicted molar refractivity (Wildman–Crippen MR) is 184 cm³/mol. The van der Waals surface area contributed by atoms with Gasteiger partial charge in [-0.3, -0.25) is 4.40 Å². The SMILES string of the molecule is Cc1ccc2c(c1)OC(C)CCCCOC1(C)CCN(CC1)c1c(C(OC(C)(C)C)C(=O)O)c(C)nc3nc(cn13)-c1cccc-2c1. The number of aromatic nitrogens is 3. The van der Waals surface area contributed by atoms with E-state index in [1.165, 1.54) is 0 Å². The van der Waals surface area contributed by atoms with Gasteiger partial charge in [-0.2, -0.15) is 0 Å². The maximum Gasteiger partial charge on any atom is 0.337 e. The summed E-state index contributed by atoms with van der Waals surface area (Å²) < 4.78 is 21.3. The van der Waals surface area contributed by atoms with Gasteiger partial charge in [0.1, 0.15) is 11.6 Å². The first-order valence-electron chi connectivity index (χ1n) is 16.9. The Morgan fingerprint density at radius 2 is 1.81 bits per heavy atom. The molecule has 0 amide bonds. The largest absolute Gasteiger partial charge is 0.490 e. The number of carbonyl (C=O) groups is 1. The summed E-state index contributed by atoms with van der Waals surface area (Å²) in [6.07, 6.45) is 5.40. The molecule has 2 aromatic heterocycles. The Bertz CT molecular complexity index is 1770. The molecule has 9 nitrogen and oxygen atoms in total. The smallest absolute Gasteiger partial charge is 0.337 e. The third kappa shape index (κ3) is 7.16. The highest BCUT2D eigenvalue weighted by Crippen LogP contribution is 2.39. The monoisotopic (exact) mass is 640 g/mol. The molecule has 5 heterocycles. The van der Waals surface area contributed by atoms with Gasteiger partial charge in [0.15, 0.2) is 6.10 Å². The van der Waals surface area contributed by atoms with E-state index in [-0.39, 0.29) is 11.7 Å². The predicted octanol–water partition coefficient (Wildman–Crippen LogP) is 7.95. The van der Waals surface area contributed by atoms with E-state index >= 15 is 0 Å². The number of rotatable bonds is 3. The molecular formula is C38H48N4O5. The van der Waals surface area contributed by atoms with Gasteiger partial charge in [-0.05, 0) is 104 Å². The van der Waals surface area contributed by atoms with E-state index in [1.54, 1.807) is 0 Å². The molecule has 0 spiro atoms. The molecular weight excluding hydrogens is 592 g/mol. The van der Waals surface area contributed by atoms with E-state index in [4.69, 9.17) is 24.2 Å². The first-order chi connectivity index (χ1) is 22.3. The normalized spacial score (nSPS) is 21.3. The van der Waals surface area contributed by atoms with Gasteiger partial charge in [-0.1, -0.05) is 30.3 Å². The zero-order valence-electron chi connectivity index (χ0n) is 28.8. The number of carboxylic acid groups (broad SMARTS) is 1. The molecule has 1 N–H and O–H groups in total. The van der Waals surface area contributed by atoms with E-state index < -0.39 is 17.7 Å². The number of nitrogens with zero attached hydrogens (tertiary/aromatic N) is 4. The van der Waals surface area contributed by atoms with Crippen LogP contribution in [0, 0.1) is 13.8 Å². The molecule has 2 unspecified atom stereocenters. The van der Waals surface area contributed by atoms with Gasteiger partial charge >= 0.3 is 5.97 Å². The number of aliphatic carboxylic acids is 1. The molecule has 2 atom stereocenters. The van der Waals surface area contributed by atoms with Crippen LogP contribution in [-0.4, -0.2) is 62.4 Å². The van der Waals surface area contributed by atoms with Gasteiger partial charge in [0.05, 0.1) is 34.3 Å². The van der Waals surface area contributed by atoms with E-state index in [2.05, 4.69) is 62.1 Å². The second-order valence-corrected chi connectivity index (χ2v) is 14.5. The van der Waals surface area contributed by atoms with Crippen LogP contribution >= 0.6 is 0 Å². The molecule has 47 heavy (non-hydrogen) atoms. The molecule has 6 bridgehead atoms. The zero-order valence-corrected chi connectivity index (χ0v) is 28.8. The Balaban J connectivity index is 1.53. The second-order valence-electron chi connectivity index (χ2n) is 14.5. The molecule has 3 aliphatic heterocycles. The summed E-state index contributed by atoms with van der Waals surface area (Å²) in [5, 5.41) is 10.5. The summed E-state index contributed by atoms with van der Waals surface area (Å²) >= 11 is 0. The fraction of sp³-hybridized carbons (Fsp3) is 0.500. The van der Waals surface area contributed by atoms with Gasteiger partial charge in [0, 0.05) is 37.0 Å². The average molecular weight is 641 g/mol. The van der Waals surface area contributed by atoms with Crippen molar-refractivity contribution in [3.8, 4) is 28.1 Å². The van der Waals surface area contributed by atoms with Crippen molar-refractivity contribution in [3.63, 3.8) is 0 Å². The highest BCUT2D eigenvalue weighted by Gasteiger charge is 2.37. The number of ether oxygens (including phenoxy) is 3. The minimum atomic E-state index is -1.20. The molecule has 3 aliphatic rings. The maximum absolute atomic E-state index is 12.8. The molecule has 1 fully saturated rings. The van der Waals surface area contributed by atoms with E-state index in [0.717, 1.165) is 71.6 Å². The lowest BCUT2D eigenvalue weighted by Gasteiger charge is -2.41. The van der Waals surface area contributed by atoms with Crippen LogP contribution in [0.1, 0.15) is 89.6 Å². The number of anilines is 1. The summed E-state index contributed by atoms with van der Waals surface area (Å²) in [7, 11) is 0. The van der Waals surface area contributed by atoms with Crippen molar-refractivity contribution < 1.29 is 24.1 Å². The van der Waals surface area contributed by atoms with E-state index in [0.29, 0.717) is 36.7 Å². The molecule has 2 aromatic carbocycles. The minimum absolute atomic E-state index is 0.0698. The lowest BCUT2D eigenvalue weighted by atomic mass is 9.92. The molecule has 7 rings (SSSR count). The quantitative estimate of drug-likeness (QED) is 0.241. The van der Waals surface area contributed by atoms with Crippen molar-refractivity contribution in [2.24, 2.45) is 0 Å². The number of benzene rings is 2.